The standard InChI is InChI=1S/C12H10NO3P/c1-2-6-15-8-5-3-4-7(13-8)9-10-11-12(16-9)17(10,11)14/h3-5H,2,6H2,1H3. The number of hydrogen-bond acceptors (Lipinski definition) is 4. The maximum atomic E-state index is 11.8. The van der Waals surface area contributed by atoms with Gasteiger partial charge in [-0.1, -0.05) is 13.0 Å². The van der Waals surface area contributed by atoms with Crippen LogP contribution in [0.2, 0.25) is 0 Å². The number of aromatic nitrogens is 1. The molecule has 86 valence electrons. The molecule has 1 unspecified atom stereocenters. The van der Waals surface area contributed by atoms with Crippen molar-refractivity contribution in [2.24, 2.45) is 0 Å². The van der Waals surface area contributed by atoms with Crippen LogP contribution in [-0.2, 0) is 4.57 Å². The highest BCUT2D eigenvalue weighted by Gasteiger charge is 2.74. The van der Waals surface area contributed by atoms with E-state index in [1.54, 1.807) is 0 Å². The Labute approximate surface area is 98.0 Å². The van der Waals surface area contributed by atoms with Gasteiger partial charge in [-0.15, -0.1) is 0 Å². The van der Waals surface area contributed by atoms with Crippen molar-refractivity contribution in [2.75, 3.05) is 6.61 Å². The second-order valence-corrected chi connectivity index (χ2v) is 6.77. The summed E-state index contributed by atoms with van der Waals surface area (Å²) in [6.45, 7) is 2.70. The summed E-state index contributed by atoms with van der Waals surface area (Å²) in [6, 6.07) is 5.55. The van der Waals surface area contributed by atoms with Gasteiger partial charge < -0.3 is 13.7 Å². The molecule has 5 rings (SSSR count). The molecule has 0 N–H and O–H groups in total. The molecule has 0 spiro atoms. The number of fused-ring (bicyclic) bond motifs is 1. The Kier molecular flexibility index (Phi) is 1.58. The first-order valence-corrected chi connectivity index (χ1v) is 7.36. The lowest BCUT2D eigenvalue weighted by Crippen LogP contribution is -1.99. The molecule has 0 saturated carbocycles. The number of furan rings is 1. The van der Waals surface area contributed by atoms with Gasteiger partial charge in [-0.25, -0.2) is 4.98 Å². The zero-order chi connectivity index (χ0) is 11.6. The smallest absolute Gasteiger partial charge is 0.214 e. The molecule has 1 atom stereocenters. The van der Waals surface area contributed by atoms with Crippen LogP contribution in [0.5, 0.6) is 5.88 Å². The molecule has 0 aliphatic carbocycles. The Bertz CT molecular complexity index is 680. The molecule has 0 aromatic carbocycles. The van der Waals surface area contributed by atoms with Crippen LogP contribution in [0.15, 0.2) is 22.6 Å². The molecule has 0 radical (unpaired) electrons. The van der Waals surface area contributed by atoms with E-state index in [9.17, 15) is 4.57 Å². The molecule has 3 aliphatic heterocycles. The van der Waals surface area contributed by atoms with Crippen molar-refractivity contribution in [3.8, 4) is 17.3 Å². The second kappa shape index (κ2) is 2.82. The lowest BCUT2D eigenvalue weighted by atomic mass is 10.3. The monoisotopic (exact) mass is 247 g/mol. The van der Waals surface area contributed by atoms with Crippen molar-refractivity contribution >= 4 is 23.3 Å². The number of ether oxygens (including phenoxy) is 1. The van der Waals surface area contributed by atoms with E-state index in [-0.39, 0.29) is 0 Å². The fourth-order valence-electron chi connectivity index (χ4n) is 2.10. The summed E-state index contributed by atoms with van der Waals surface area (Å²) in [5.41, 5.74) is 1.43. The van der Waals surface area contributed by atoms with Crippen molar-refractivity contribution in [3.63, 3.8) is 0 Å². The van der Waals surface area contributed by atoms with Gasteiger partial charge in [0.15, 0.2) is 11.3 Å². The fraction of sp³-hybridized carbons (Fsp3) is 0.250. The van der Waals surface area contributed by atoms with Crippen LogP contribution in [0.4, 0.5) is 0 Å². The average molecular weight is 247 g/mol. The lowest BCUT2D eigenvalue weighted by molar-refractivity contribution is 0.305. The summed E-state index contributed by atoms with van der Waals surface area (Å²) in [4.78, 5) is 4.36. The van der Waals surface area contributed by atoms with E-state index in [4.69, 9.17) is 9.15 Å². The average Bonchev–Trinajstić information content (AvgIpc) is 3.00. The van der Waals surface area contributed by atoms with Gasteiger partial charge >= 0.3 is 0 Å². The maximum Gasteiger partial charge on any atom is 0.214 e. The highest BCUT2D eigenvalue weighted by molar-refractivity contribution is 8.06. The minimum absolute atomic E-state index is 0.591. The molecule has 17 heavy (non-hydrogen) atoms. The molecule has 2 bridgehead atoms. The van der Waals surface area contributed by atoms with Gasteiger partial charge in [-0.2, -0.15) is 0 Å². The number of rotatable bonds is 4. The Morgan fingerprint density at radius 1 is 1.41 bits per heavy atom. The van der Waals surface area contributed by atoms with Crippen LogP contribution in [0.1, 0.15) is 13.3 Å². The maximum absolute atomic E-state index is 11.8. The first-order valence-electron chi connectivity index (χ1n) is 5.65. The number of hydrogen-bond donors (Lipinski definition) is 0. The zero-order valence-electron chi connectivity index (χ0n) is 9.27. The van der Waals surface area contributed by atoms with E-state index in [0.717, 1.165) is 22.7 Å². The van der Waals surface area contributed by atoms with Gasteiger partial charge in [0.05, 0.1) is 17.2 Å². The van der Waals surface area contributed by atoms with Crippen molar-refractivity contribution in [2.45, 2.75) is 13.3 Å². The van der Waals surface area contributed by atoms with Gasteiger partial charge in [-0.05, 0) is 12.5 Å². The molecule has 0 fully saturated rings. The van der Waals surface area contributed by atoms with Crippen LogP contribution in [0, 0.1) is 0 Å². The van der Waals surface area contributed by atoms with Crippen LogP contribution in [-0.4, -0.2) is 11.6 Å². The molecule has 0 saturated heterocycles. The van der Waals surface area contributed by atoms with Crippen LogP contribution in [0.25, 0.3) is 11.5 Å². The lowest BCUT2D eigenvalue weighted by Gasteiger charge is -2.03. The number of nitrogens with zero attached hydrogens (tertiary/aromatic N) is 1. The van der Waals surface area contributed by atoms with E-state index in [1.807, 2.05) is 25.1 Å². The third-order valence-corrected chi connectivity index (χ3v) is 5.62. The normalized spacial score (nSPS) is 22.2. The molecule has 0 amide bonds. The minimum Gasteiger partial charge on any atom is -0.478 e. The minimum atomic E-state index is -2.14. The van der Waals surface area contributed by atoms with E-state index < -0.39 is 7.14 Å². The van der Waals surface area contributed by atoms with E-state index >= 15 is 0 Å². The van der Waals surface area contributed by atoms with Crippen molar-refractivity contribution < 1.29 is 13.7 Å². The van der Waals surface area contributed by atoms with Gasteiger partial charge in [0.1, 0.15) is 5.69 Å². The topological polar surface area (TPSA) is 52.3 Å². The third-order valence-electron chi connectivity index (χ3n) is 3.07. The van der Waals surface area contributed by atoms with Gasteiger partial charge in [-0.3, -0.25) is 0 Å². The largest absolute Gasteiger partial charge is 0.478 e. The van der Waals surface area contributed by atoms with Gasteiger partial charge in [0.25, 0.3) is 0 Å². The van der Waals surface area contributed by atoms with E-state index in [1.165, 1.54) is 0 Å². The quantitative estimate of drug-likeness (QED) is 0.511. The molecule has 2 aromatic heterocycles. The van der Waals surface area contributed by atoms with Crippen molar-refractivity contribution in [1.82, 2.24) is 4.98 Å². The second-order valence-electron chi connectivity index (χ2n) is 4.25. The van der Waals surface area contributed by atoms with E-state index in [2.05, 4.69) is 4.98 Å². The SMILES string of the molecule is CCCOc1cccc(-c2oc3c4c2P34=O)n1. The summed E-state index contributed by atoms with van der Waals surface area (Å²) in [5.74, 6) is 1.27. The molecular weight excluding hydrogens is 237 g/mol. The predicted molar refractivity (Wildman–Crippen MR) is 64.2 cm³/mol. The fourth-order valence-corrected chi connectivity index (χ4v) is 4.59. The Hall–Kier alpha value is -1.54. The summed E-state index contributed by atoms with van der Waals surface area (Å²) in [7, 11) is -2.14. The predicted octanol–water partition coefficient (Wildman–Crippen LogP) is 1.40. The Morgan fingerprint density at radius 2 is 2.24 bits per heavy atom. The first-order chi connectivity index (χ1) is 8.26. The summed E-state index contributed by atoms with van der Waals surface area (Å²) in [5, 5.41) is 1.88. The third kappa shape index (κ3) is 1.04. The van der Waals surface area contributed by atoms with E-state index in [0.29, 0.717) is 23.7 Å². The summed E-state index contributed by atoms with van der Waals surface area (Å²) in [6.07, 6.45) is 0.946. The van der Waals surface area contributed by atoms with Crippen LogP contribution in [0.3, 0.4) is 0 Å². The van der Waals surface area contributed by atoms with Gasteiger partial charge in [0.2, 0.25) is 13.0 Å². The van der Waals surface area contributed by atoms with Crippen LogP contribution < -0.4 is 20.8 Å². The molecular formula is C12H10NO3P. The molecule has 2 aromatic rings. The van der Waals surface area contributed by atoms with Gasteiger partial charge in [0, 0.05) is 6.07 Å². The summed E-state index contributed by atoms with van der Waals surface area (Å²) < 4.78 is 22.8. The molecule has 5 heterocycles. The highest BCUT2D eigenvalue weighted by Crippen LogP contribution is 2.70. The van der Waals surface area contributed by atoms with Crippen LogP contribution >= 0.6 is 7.14 Å². The molecule has 4 nitrogen and oxygen atoms in total. The Morgan fingerprint density at radius 3 is 2.88 bits per heavy atom. The molecule has 3 aliphatic rings. The highest BCUT2D eigenvalue weighted by atomic mass is 31.2. The molecule has 5 heteroatoms. The first kappa shape index (κ1) is 9.49. The number of pyridine rings is 1. The van der Waals surface area contributed by atoms with Crippen molar-refractivity contribution in [1.29, 1.82) is 0 Å². The zero-order valence-corrected chi connectivity index (χ0v) is 10.2. The Balaban J connectivity index is 1.69. The van der Waals surface area contributed by atoms with Crippen molar-refractivity contribution in [3.05, 3.63) is 18.2 Å². The summed E-state index contributed by atoms with van der Waals surface area (Å²) >= 11 is 0.